The Hall–Kier alpha value is -0.970. The number of likely N-dealkylation sites (N-methyl/N-ethyl adjacent to an activating group) is 1. The molecule has 110 valence electrons. The fraction of sp³-hybridized carbons (Fsp3) is 0.600. The maximum Gasteiger partial charge on any atom is 0.162 e. The number of rotatable bonds is 3. The third-order valence-corrected chi connectivity index (χ3v) is 4.41. The average Bonchev–Trinajstić information content (AvgIpc) is 2.87. The first-order valence-electron chi connectivity index (χ1n) is 7.08. The van der Waals surface area contributed by atoms with Crippen LogP contribution in [0.25, 0.3) is 0 Å². The van der Waals surface area contributed by atoms with Crippen LogP contribution in [0.5, 0.6) is 11.5 Å². The third-order valence-electron chi connectivity index (χ3n) is 4.08. The Balaban J connectivity index is 1.94. The number of halogens is 1. The minimum atomic E-state index is 0.0656. The molecule has 2 aliphatic heterocycles. The van der Waals surface area contributed by atoms with Crippen LogP contribution in [0, 0.1) is 5.92 Å². The monoisotopic (exact) mass is 297 g/mol. The van der Waals surface area contributed by atoms with Crippen LogP contribution < -0.4 is 14.8 Å². The lowest BCUT2D eigenvalue weighted by Gasteiger charge is -2.28. The molecule has 0 bridgehead atoms. The Morgan fingerprint density at radius 3 is 2.50 bits per heavy atom. The van der Waals surface area contributed by atoms with Crippen molar-refractivity contribution in [1.29, 1.82) is 0 Å². The van der Waals surface area contributed by atoms with E-state index >= 15 is 0 Å². The number of fused-ring (bicyclic) bond motifs is 1. The van der Waals surface area contributed by atoms with Gasteiger partial charge in [-0.25, -0.2) is 0 Å². The summed E-state index contributed by atoms with van der Waals surface area (Å²) in [6.45, 7) is 4.18. The predicted molar refractivity (Wildman–Crippen MR) is 77.8 cm³/mol. The van der Waals surface area contributed by atoms with E-state index in [1.54, 1.807) is 0 Å². The van der Waals surface area contributed by atoms with Gasteiger partial charge in [-0.2, -0.15) is 0 Å². The summed E-state index contributed by atoms with van der Waals surface area (Å²) in [5.74, 6) is 2.00. The van der Waals surface area contributed by atoms with E-state index < -0.39 is 0 Å². The molecule has 1 aromatic rings. The number of hydrogen-bond acceptors (Lipinski definition) is 4. The highest BCUT2D eigenvalue weighted by Crippen LogP contribution is 2.40. The number of benzene rings is 1. The van der Waals surface area contributed by atoms with E-state index in [-0.39, 0.29) is 12.1 Å². The SMILES string of the molecule is CNC(c1cc2c(cc1Cl)OCCO2)C1OCCC1C. The van der Waals surface area contributed by atoms with Crippen LogP contribution in [0.15, 0.2) is 12.1 Å². The van der Waals surface area contributed by atoms with E-state index in [2.05, 4.69) is 12.2 Å². The van der Waals surface area contributed by atoms with Crippen molar-refractivity contribution >= 4 is 11.6 Å². The molecule has 0 amide bonds. The molecule has 0 aliphatic carbocycles. The van der Waals surface area contributed by atoms with E-state index in [1.807, 2.05) is 19.2 Å². The Morgan fingerprint density at radius 2 is 1.90 bits per heavy atom. The highest BCUT2D eigenvalue weighted by molar-refractivity contribution is 6.31. The van der Waals surface area contributed by atoms with Gasteiger partial charge in [0, 0.05) is 17.7 Å². The van der Waals surface area contributed by atoms with Gasteiger partial charge in [-0.3, -0.25) is 0 Å². The number of hydrogen-bond donors (Lipinski definition) is 1. The molecular formula is C15H20ClNO3. The molecule has 3 rings (SSSR count). The molecule has 3 unspecified atom stereocenters. The van der Waals surface area contributed by atoms with Crippen molar-refractivity contribution in [2.45, 2.75) is 25.5 Å². The fourth-order valence-electron chi connectivity index (χ4n) is 2.96. The maximum atomic E-state index is 6.43. The first-order valence-corrected chi connectivity index (χ1v) is 7.46. The van der Waals surface area contributed by atoms with Gasteiger partial charge in [-0.05, 0) is 31.0 Å². The summed E-state index contributed by atoms with van der Waals surface area (Å²) in [6.07, 6.45) is 1.23. The molecular weight excluding hydrogens is 278 g/mol. The minimum absolute atomic E-state index is 0.0656. The Kier molecular flexibility index (Phi) is 4.06. The number of nitrogens with one attached hydrogen (secondary N) is 1. The zero-order valence-corrected chi connectivity index (χ0v) is 12.6. The number of ether oxygens (including phenoxy) is 3. The van der Waals surface area contributed by atoms with Crippen LogP contribution >= 0.6 is 11.6 Å². The van der Waals surface area contributed by atoms with Crippen molar-refractivity contribution in [3.8, 4) is 11.5 Å². The van der Waals surface area contributed by atoms with Crippen molar-refractivity contribution in [3.63, 3.8) is 0 Å². The standard InChI is InChI=1S/C15H20ClNO3/c1-9-3-4-20-15(9)14(17-2)10-7-12-13(8-11(10)16)19-6-5-18-12/h7-9,14-15,17H,3-6H2,1-2H3. The normalized spacial score (nSPS) is 26.6. The molecule has 0 saturated carbocycles. The third kappa shape index (κ3) is 2.48. The van der Waals surface area contributed by atoms with Crippen molar-refractivity contribution in [3.05, 3.63) is 22.7 Å². The fourth-order valence-corrected chi connectivity index (χ4v) is 3.23. The van der Waals surface area contributed by atoms with Gasteiger partial charge in [-0.15, -0.1) is 0 Å². The molecule has 1 saturated heterocycles. The van der Waals surface area contributed by atoms with E-state index in [4.69, 9.17) is 25.8 Å². The highest BCUT2D eigenvalue weighted by atomic mass is 35.5. The Labute approximate surface area is 124 Å². The lowest BCUT2D eigenvalue weighted by molar-refractivity contribution is 0.0629. The van der Waals surface area contributed by atoms with Crippen LogP contribution in [-0.4, -0.2) is 33.0 Å². The summed E-state index contributed by atoms with van der Waals surface area (Å²) in [5.41, 5.74) is 1.01. The minimum Gasteiger partial charge on any atom is -0.486 e. The molecule has 1 fully saturated rings. The van der Waals surface area contributed by atoms with Crippen molar-refractivity contribution < 1.29 is 14.2 Å². The van der Waals surface area contributed by atoms with Gasteiger partial charge >= 0.3 is 0 Å². The zero-order valence-electron chi connectivity index (χ0n) is 11.8. The Bertz CT molecular complexity index is 494. The second-order valence-electron chi connectivity index (χ2n) is 5.39. The molecule has 4 nitrogen and oxygen atoms in total. The lowest BCUT2D eigenvalue weighted by Crippen LogP contribution is -2.33. The van der Waals surface area contributed by atoms with E-state index in [0.29, 0.717) is 24.2 Å². The molecule has 1 N–H and O–H groups in total. The highest BCUT2D eigenvalue weighted by Gasteiger charge is 2.34. The van der Waals surface area contributed by atoms with Gasteiger partial charge < -0.3 is 19.5 Å². The zero-order chi connectivity index (χ0) is 14.1. The molecule has 0 spiro atoms. The molecule has 3 atom stereocenters. The maximum absolute atomic E-state index is 6.43. The summed E-state index contributed by atoms with van der Waals surface area (Å²) in [6, 6.07) is 3.89. The molecule has 0 aromatic heterocycles. The summed E-state index contributed by atoms with van der Waals surface area (Å²) >= 11 is 6.43. The van der Waals surface area contributed by atoms with E-state index in [1.165, 1.54) is 0 Å². The summed E-state index contributed by atoms with van der Waals surface area (Å²) < 4.78 is 17.1. The second kappa shape index (κ2) is 5.80. The molecule has 20 heavy (non-hydrogen) atoms. The van der Waals surface area contributed by atoms with Gasteiger partial charge in [0.2, 0.25) is 0 Å². The largest absolute Gasteiger partial charge is 0.486 e. The van der Waals surface area contributed by atoms with E-state index in [9.17, 15) is 0 Å². The topological polar surface area (TPSA) is 39.7 Å². The second-order valence-corrected chi connectivity index (χ2v) is 5.79. The predicted octanol–water partition coefficient (Wildman–Crippen LogP) is 2.80. The van der Waals surface area contributed by atoms with Crippen molar-refractivity contribution in [1.82, 2.24) is 5.32 Å². The smallest absolute Gasteiger partial charge is 0.162 e. The molecule has 5 heteroatoms. The van der Waals surface area contributed by atoms with Gasteiger partial charge in [0.25, 0.3) is 0 Å². The summed E-state index contributed by atoms with van der Waals surface area (Å²) in [5, 5.41) is 4.02. The molecule has 2 aliphatic rings. The lowest BCUT2D eigenvalue weighted by atomic mass is 9.92. The van der Waals surface area contributed by atoms with Gasteiger partial charge in [0.1, 0.15) is 13.2 Å². The van der Waals surface area contributed by atoms with Crippen LogP contribution in [-0.2, 0) is 4.74 Å². The summed E-state index contributed by atoms with van der Waals surface area (Å²) in [7, 11) is 1.94. The Morgan fingerprint density at radius 1 is 1.20 bits per heavy atom. The van der Waals surface area contributed by atoms with Crippen LogP contribution in [0.4, 0.5) is 0 Å². The average molecular weight is 298 g/mol. The summed E-state index contributed by atoms with van der Waals surface area (Å²) in [4.78, 5) is 0. The first kappa shape index (κ1) is 14.0. The van der Waals surface area contributed by atoms with Crippen LogP contribution in [0.2, 0.25) is 5.02 Å². The van der Waals surface area contributed by atoms with Crippen molar-refractivity contribution in [2.24, 2.45) is 5.92 Å². The van der Waals surface area contributed by atoms with Crippen LogP contribution in [0.3, 0.4) is 0 Å². The van der Waals surface area contributed by atoms with Gasteiger partial charge in [0.15, 0.2) is 11.5 Å². The molecule has 1 aromatic carbocycles. The molecule has 0 radical (unpaired) electrons. The van der Waals surface area contributed by atoms with Crippen molar-refractivity contribution in [2.75, 3.05) is 26.9 Å². The first-order chi connectivity index (χ1) is 9.70. The van der Waals surface area contributed by atoms with E-state index in [0.717, 1.165) is 30.1 Å². The van der Waals surface area contributed by atoms with Crippen LogP contribution in [0.1, 0.15) is 24.9 Å². The van der Waals surface area contributed by atoms with Gasteiger partial charge in [-0.1, -0.05) is 18.5 Å². The van der Waals surface area contributed by atoms with Gasteiger partial charge in [0.05, 0.1) is 12.1 Å². The molecule has 2 heterocycles. The quantitative estimate of drug-likeness (QED) is 0.931.